The number of nitrogens with one attached hydrogen (secondary N) is 1. The molecule has 0 heterocycles. The maximum absolute atomic E-state index is 11.8. The molecule has 0 aliphatic rings. The summed E-state index contributed by atoms with van der Waals surface area (Å²) >= 11 is 3.22. The van der Waals surface area contributed by atoms with Crippen molar-refractivity contribution >= 4 is 27.8 Å². The topological polar surface area (TPSA) is 84.9 Å². The van der Waals surface area contributed by atoms with E-state index in [2.05, 4.69) is 21.2 Å². The van der Waals surface area contributed by atoms with Crippen LogP contribution in [0, 0.1) is 6.92 Å². The number of carboxylic acids is 1. The molecule has 2 N–H and O–H groups in total. The van der Waals surface area contributed by atoms with Crippen molar-refractivity contribution in [3.8, 4) is 11.5 Å². The molecule has 0 saturated heterocycles. The lowest BCUT2D eigenvalue weighted by atomic mass is 10.2. The molecule has 25 heavy (non-hydrogen) atoms. The number of rotatable bonds is 8. The number of hydrogen-bond acceptors (Lipinski definition) is 4. The Morgan fingerprint density at radius 3 is 2.64 bits per heavy atom. The third-order valence-corrected chi connectivity index (χ3v) is 3.84. The van der Waals surface area contributed by atoms with E-state index in [-0.39, 0.29) is 18.1 Å². The van der Waals surface area contributed by atoms with Crippen LogP contribution in [-0.2, 0) is 4.79 Å². The smallest absolute Gasteiger partial charge is 0.335 e. The van der Waals surface area contributed by atoms with Gasteiger partial charge in [0.25, 0.3) is 5.91 Å². The van der Waals surface area contributed by atoms with Crippen LogP contribution in [0.1, 0.15) is 15.9 Å². The summed E-state index contributed by atoms with van der Waals surface area (Å²) in [5, 5.41) is 11.6. The van der Waals surface area contributed by atoms with E-state index in [0.717, 1.165) is 11.3 Å². The molecule has 0 fully saturated rings. The summed E-state index contributed by atoms with van der Waals surface area (Å²) < 4.78 is 11.4. The third-order valence-electron chi connectivity index (χ3n) is 3.22. The van der Waals surface area contributed by atoms with Gasteiger partial charge >= 0.3 is 5.97 Å². The highest BCUT2D eigenvalue weighted by Gasteiger charge is 2.09. The quantitative estimate of drug-likeness (QED) is 0.656. The van der Waals surface area contributed by atoms with E-state index in [1.54, 1.807) is 0 Å². The number of ether oxygens (including phenoxy) is 2. The van der Waals surface area contributed by atoms with Gasteiger partial charge in [-0.1, -0.05) is 12.1 Å². The van der Waals surface area contributed by atoms with Gasteiger partial charge in [0, 0.05) is 0 Å². The molecule has 132 valence electrons. The maximum atomic E-state index is 11.8. The number of aryl methyl sites for hydroxylation is 1. The molecular weight excluding hydrogens is 390 g/mol. The Hall–Kier alpha value is -2.54. The highest BCUT2D eigenvalue weighted by atomic mass is 79.9. The fraction of sp³-hybridized carbons (Fsp3) is 0.222. The summed E-state index contributed by atoms with van der Waals surface area (Å²) in [6.07, 6.45) is 0. The van der Waals surface area contributed by atoms with E-state index < -0.39 is 5.97 Å². The average molecular weight is 408 g/mol. The predicted molar refractivity (Wildman–Crippen MR) is 96.3 cm³/mol. The molecule has 0 aliphatic carbocycles. The molecule has 1 amide bonds. The largest absolute Gasteiger partial charge is 0.492 e. The van der Waals surface area contributed by atoms with Crippen LogP contribution in [0.25, 0.3) is 0 Å². The lowest BCUT2D eigenvalue weighted by molar-refractivity contribution is -0.123. The summed E-state index contributed by atoms with van der Waals surface area (Å²) in [4.78, 5) is 22.6. The minimum atomic E-state index is -1.03. The van der Waals surface area contributed by atoms with E-state index in [1.165, 1.54) is 18.2 Å². The van der Waals surface area contributed by atoms with Gasteiger partial charge in [-0.05, 0) is 58.7 Å². The van der Waals surface area contributed by atoms with Crippen molar-refractivity contribution in [2.75, 3.05) is 19.8 Å². The minimum Gasteiger partial charge on any atom is -0.492 e. The van der Waals surface area contributed by atoms with Crippen LogP contribution >= 0.6 is 15.9 Å². The molecule has 6 nitrogen and oxygen atoms in total. The molecule has 2 rings (SSSR count). The van der Waals surface area contributed by atoms with Crippen LogP contribution in [0.15, 0.2) is 46.9 Å². The molecule has 0 unspecified atom stereocenters. The Bertz CT molecular complexity index is 763. The zero-order valence-electron chi connectivity index (χ0n) is 13.6. The first-order chi connectivity index (χ1) is 12.0. The normalized spacial score (nSPS) is 10.2. The average Bonchev–Trinajstić information content (AvgIpc) is 2.57. The molecule has 0 saturated carbocycles. The molecule has 0 bridgehead atoms. The molecule has 0 atom stereocenters. The van der Waals surface area contributed by atoms with Gasteiger partial charge in [0.2, 0.25) is 0 Å². The number of carboxylic acid groups (broad SMARTS) is 1. The number of benzene rings is 2. The summed E-state index contributed by atoms with van der Waals surface area (Å²) in [6, 6.07) is 12.0. The van der Waals surface area contributed by atoms with E-state index in [9.17, 15) is 9.59 Å². The first-order valence-electron chi connectivity index (χ1n) is 7.57. The Kier molecular flexibility index (Phi) is 6.82. The number of carbonyl (C=O) groups excluding carboxylic acids is 1. The van der Waals surface area contributed by atoms with Crippen molar-refractivity contribution < 1.29 is 24.2 Å². The fourth-order valence-corrected chi connectivity index (χ4v) is 2.50. The molecule has 0 aliphatic heterocycles. The minimum absolute atomic E-state index is 0.136. The van der Waals surface area contributed by atoms with Gasteiger partial charge in [-0.2, -0.15) is 0 Å². The SMILES string of the molecule is Cc1cccc(OCCNC(=O)COc2ccc(C(=O)O)cc2Br)c1. The van der Waals surface area contributed by atoms with E-state index in [0.29, 0.717) is 23.4 Å². The highest BCUT2D eigenvalue weighted by molar-refractivity contribution is 9.10. The second-order valence-electron chi connectivity index (χ2n) is 5.25. The van der Waals surface area contributed by atoms with Crippen LogP contribution < -0.4 is 14.8 Å². The van der Waals surface area contributed by atoms with Gasteiger partial charge in [0.1, 0.15) is 18.1 Å². The van der Waals surface area contributed by atoms with Gasteiger partial charge in [-0.3, -0.25) is 4.79 Å². The zero-order chi connectivity index (χ0) is 18.2. The van der Waals surface area contributed by atoms with Gasteiger partial charge in [0.15, 0.2) is 6.61 Å². The Balaban J connectivity index is 1.71. The first kappa shape index (κ1) is 18.8. The highest BCUT2D eigenvalue weighted by Crippen LogP contribution is 2.25. The second-order valence-corrected chi connectivity index (χ2v) is 6.11. The second kappa shape index (κ2) is 9.08. The standard InChI is InChI=1S/C18H18BrNO5/c1-12-3-2-4-14(9-12)24-8-7-20-17(21)11-25-16-6-5-13(18(22)23)10-15(16)19/h2-6,9-10H,7-8,11H2,1H3,(H,20,21)(H,22,23). The van der Waals surface area contributed by atoms with Gasteiger partial charge < -0.3 is 19.9 Å². The van der Waals surface area contributed by atoms with Crippen LogP contribution in [0.3, 0.4) is 0 Å². The lowest BCUT2D eigenvalue weighted by Crippen LogP contribution is -2.32. The summed E-state index contributed by atoms with van der Waals surface area (Å²) in [7, 11) is 0. The summed E-state index contributed by atoms with van der Waals surface area (Å²) in [5.41, 5.74) is 1.24. The molecule has 0 radical (unpaired) electrons. The summed E-state index contributed by atoms with van der Waals surface area (Å²) in [6.45, 7) is 2.52. The van der Waals surface area contributed by atoms with Crippen LogP contribution in [0.4, 0.5) is 0 Å². The van der Waals surface area contributed by atoms with E-state index in [1.807, 2.05) is 31.2 Å². The first-order valence-corrected chi connectivity index (χ1v) is 8.37. The Labute approximate surface area is 153 Å². The molecule has 2 aromatic rings. The molecule has 0 spiro atoms. The van der Waals surface area contributed by atoms with Crippen molar-refractivity contribution in [2.24, 2.45) is 0 Å². The van der Waals surface area contributed by atoms with Crippen molar-refractivity contribution in [3.63, 3.8) is 0 Å². The van der Waals surface area contributed by atoms with Crippen LogP contribution in [0.5, 0.6) is 11.5 Å². The van der Waals surface area contributed by atoms with E-state index >= 15 is 0 Å². The van der Waals surface area contributed by atoms with Gasteiger partial charge in [-0.15, -0.1) is 0 Å². The predicted octanol–water partition coefficient (Wildman–Crippen LogP) is 3.03. The lowest BCUT2D eigenvalue weighted by Gasteiger charge is -2.10. The Morgan fingerprint density at radius 2 is 1.96 bits per heavy atom. The van der Waals surface area contributed by atoms with Gasteiger partial charge in [-0.25, -0.2) is 4.79 Å². The fourth-order valence-electron chi connectivity index (χ4n) is 2.01. The number of halogens is 1. The van der Waals surface area contributed by atoms with Crippen molar-refractivity contribution in [1.29, 1.82) is 0 Å². The molecule has 0 aromatic heterocycles. The zero-order valence-corrected chi connectivity index (χ0v) is 15.2. The number of aromatic carboxylic acids is 1. The van der Waals surface area contributed by atoms with Crippen molar-refractivity contribution in [1.82, 2.24) is 5.32 Å². The monoisotopic (exact) mass is 407 g/mol. The number of carbonyl (C=O) groups is 2. The van der Waals surface area contributed by atoms with Crippen LogP contribution in [-0.4, -0.2) is 36.7 Å². The molecule has 7 heteroatoms. The number of hydrogen-bond donors (Lipinski definition) is 2. The number of amides is 1. The van der Waals surface area contributed by atoms with E-state index in [4.69, 9.17) is 14.6 Å². The van der Waals surface area contributed by atoms with Gasteiger partial charge in [0.05, 0.1) is 16.6 Å². The van der Waals surface area contributed by atoms with Crippen molar-refractivity contribution in [2.45, 2.75) is 6.92 Å². The maximum Gasteiger partial charge on any atom is 0.335 e. The molecular formula is C18H18BrNO5. The van der Waals surface area contributed by atoms with Crippen LogP contribution in [0.2, 0.25) is 0 Å². The summed E-state index contributed by atoms with van der Waals surface area (Å²) in [5.74, 6) is -0.162. The third kappa shape index (κ3) is 6.11. The van der Waals surface area contributed by atoms with Crippen molar-refractivity contribution in [3.05, 3.63) is 58.1 Å². The molecule has 2 aromatic carbocycles. The Morgan fingerprint density at radius 1 is 1.16 bits per heavy atom.